The maximum atomic E-state index is 13.6. The van der Waals surface area contributed by atoms with Crippen LogP contribution >= 0.6 is 0 Å². The van der Waals surface area contributed by atoms with Crippen molar-refractivity contribution in [2.24, 2.45) is 5.92 Å². The van der Waals surface area contributed by atoms with Crippen LogP contribution < -0.4 is 10.6 Å². The standard InChI is InChI=1S/C28H35F2N5O2/c1-17(2)15-34(27(37)31-20-9-10-21(29)22(30)13-20)16-26(36)32-25-14-24(28(5,6)7)33-35(25)23-11-8-18(3)12-19(23)4/h8-14,17H,15-16H2,1-7H3,(H,31,37)(H,32,36). The van der Waals surface area contributed by atoms with Gasteiger partial charge in [0.25, 0.3) is 0 Å². The SMILES string of the molecule is Cc1ccc(-n2nc(C(C)(C)C)cc2NC(=O)CN(CC(C)C)C(=O)Nc2ccc(F)c(F)c2)c(C)c1. The van der Waals surface area contributed by atoms with E-state index in [2.05, 4.69) is 10.6 Å². The number of anilines is 2. The van der Waals surface area contributed by atoms with Gasteiger partial charge >= 0.3 is 6.03 Å². The number of carbonyl (C=O) groups excluding carboxylic acids is 2. The zero-order chi connectivity index (χ0) is 27.5. The smallest absolute Gasteiger partial charge is 0.315 e. The fourth-order valence-electron chi connectivity index (χ4n) is 3.86. The number of halogens is 2. The third-order valence-electron chi connectivity index (χ3n) is 5.70. The van der Waals surface area contributed by atoms with Crippen LogP contribution in [0, 0.1) is 31.4 Å². The van der Waals surface area contributed by atoms with Crippen molar-refractivity contribution in [3.63, 3.8) is 0 Å². The molecular formula is C28H35F2N5O2. The van der Waals surface area contributed by atoms with Gasteiger partial charge in [-0.1, -0.05) is 52.3 Å². The molecular weight excluding hydrogens is 476 g/mol. The maximum Gasteiger partial charge on any atom is 0.322 e. The zero-order valence-electron chi connectivity index (χ0n) is 22.4. The number of nitrogens with zero attached hydrogens (tertiary/aromatic N) is 3. The second-order valence-electron chi connectivity index (χ2n) is 10.7. The van der Waals surface area contributed by atoms with Crippen molar-refractivity contribution in [1.82, 2.24) is 14.7 Å². The molecule has 0 bridgehead atoms. The molecule has 0 atom stereocenters. The molecule has 0 saturated heterocycles. The van der Waals surface area contributed by atoms with Gasteiger partial charge in [0.1, 0.15) is 12.4 Å². The van der Waals surface area contributed by atoms with Crippen LogP contribution in [-0.4, -0.2) is 39.7 Å². The lowest BCUT2D eigenvalue weighted by atomic mass is 9.92. The van der Waals surface area contributed by atoms with E-state index in [0.29, 0.717) is 5.82 Å². The Balaban J connectivity index is 1.85. The van der Waals surface area contributed by atoms with E-state index in [1.165, 1.54) is 11.0 Å². The molecule has 0 unspecified atom stereocenters. The van der Waals surface area contributed by atoms with Crippen LogP contribution in [0.25, 0.3) is 5.69 Å². The first-order chi connectivity index (χ1) is 17.2. The molecule has 0 aliphatic heterocycles. The zero-order valence-corrected chi connectivity index (χ0v) is 22.4. The fourth-order valence-corrected chi connectivity index (χ4v) is 3.86. The summed E-state index contributed by atoms with van der Waals surface area (Å²) in [6, 6.07) is 10.3. The van der Waals surface area contributed by atoms with Gasteiger partial charge in [-0.3, -0.25) is 4.79 Å². The summed E-state index contributed by atoms with van der Waals surface area (Å²) < 4.78 is 28.6. The lowest BCUT2D eigenvalue weighted by molar-refractivity contribution is -0.116. The van der Waals surface area contributed by atoms with Crippen molar-refractivity contribution in [3.8, 4) is 5.69 Å². The van der Waals surface area contributed by atoms with Crippen LogP contribution in [0.1, 0.15) is 51.4 Å². The Kier molecular flexibility index (Phi) is 8.35. The first-order valence-electron chi connectivity index (χ1n) is 12.2. The minimum Gasteiger partial charge on any atom is -0.315 e. The molecule has 0 saturated carbocycles. The highest BCUT2D eigenvalue weighted by Crippen LogP contribution is 2.28. The van der Waals surface area contributed by atoms with Gasteiger partial charge in [-0.15, -0.1) is 0 Å². The predicted octanol–water partition coefficient (Wildman–Crippen LogP) is 6.19. The minimum absolute atomic E-state index is 0.0664. The number of aryl methyl sites for hydroxylation is 2. The molecule has 1 aromatic heterocycles. The molecule has 2 aromatic carbocycles. The highest BCUT2D eigenvalue weighted by Gasteiger charge is 2.24. The van der Waals surface area contributed by atoms with Gasteiger partial charge in [-0.25, -0.2) is 18.3 Å². The van der Waals surface area contributed by atoms with Gasteiger partial charge in [0.15, 0.2) is 11.6 Å². The predicted molar refractivity (Wildman–Crippen MR) is 142 cm³/mol. The van der Waals surface area contributed by atoms with Gasteiger partial charge in [0, 0.05) is 29.8 Å². The van der Waals surface area contributed by atoms with Gasteiger partial charge < -0.3 is 15.5 Å². The third-order valence-corrected chi connectivity index (χ3v) is 5.70. The summed E-state index contributed by atoms with van der Waals surface area (Å²) in [5.74, 6) is -1.93. The normalized spacial score (nSPS) is 11.5. The highest BCUT2D eigenvalue weighted by molar-refractivity contribution is 5.96. The molecule has 0 radical (unpaired) electrons. The van der Waals surface area contributed by atoms with Crippen molar-refractivity contribution in [2.75, 3.05) is 23.7 Å². The van der Waals surface area contributed by atoms with Crippen molar-refractivity contribution < 1.29 is 18.4 Å². The molecule has 9 heteroatoms. The van der Waals surface area contributed by atoms with E-state index in [1.807, 2.05) is 72.7 Å². The van der Waals surface area contributed by atoms with E-state index in [9.17, 15) is 18.4 Å². The molecule has 3 amide bonds. The quantitative estimate of drug-likeness (QED) is 0.397. The summed E-state index contributed by atoms with van der Waals surface area (Å²) >= 11 is 0. The number of carbonyl (C=O) groups is 2. The Morgan fingerprint density at radius 2 is 1.70 bits per heavy atom. The fraction of sp³-hybridized carbons (Fsp3) is 0.393. The highest BCUT2D eigenvalue weighted by atomic mass is 19.2. The molecule has 0 aliphatic carbocycles. The number of amides is 3. The van der Waals surface area contributed by atoms with Crippen LogP contribution in [-0.2, 0) is 10.2 Å². The molecule has 3 aromatic rings. The summed E-state index contributed by atoms with van der Waals surface area (Å²) in [5.41, 5.74) is 3.61. The van der Waals surface area contributed by atoms with Crippen molar-refractivity contribution in [3.05, 3.63) is 70.9 Å². The average molecular weight is 512 g/mol. The van der Waals surface area contributed by atoms with Gasteiger partial charge in [0.05, 0.1) is 11.4 Å². The number of hydrogen-bond donors (Lipinski definition) is 2. The summed E-state index contributed by atoms with van der Waals surface area (Å²) in [4.78, 5) is 27.4. The van der Waals surface area contributed by atoms with Crippen LogP contribution in [0.5, 0.6) is 0 Å². The van der Waals surface area contributed by atoms with E-state index in [1.54, 1.807) is 4.68 Å². The molecule has 0 fully saturated rings. The summed E-state index contributed by atoms with van der Waals surface area (Å²) in [6.07, 6.45) is 0. The molecule has 7 nitrogen and oxygen atoms in total. The number of benzene rings is 2. The average Bonchev–Trinajstić information content (AvgIpc) is 3.19. The Morgan fingerprint density at radius 1 is 1.00 bits per heavy atom. The van der Waals surface area contributed by atoms with Gasteiger partial charge in [-0.05, 0) is 43.5 Å². The van der Waals surface area contributed by atoms with Gasteiger partial charge in [-0.2, -0.15) is 5.10 Å². The topological polar surface area (TPSA) is 79.3 Å². The van der Waals surface area contributed by atoms with E-state index < -0.39 is 23.6 Å². The maximum absolute atomic E-state index is 13.6. The van der Waals surface area contributed by atoms with Crippen LogP contribution in [0.2, 0.25) is 0 Å². The van der Waals surface area contributed by atoms with Crippen LogP contribution in [0.3, 0.4) is 0 Å². The largest absolute Gasteiger partial charge is 0.322 e. The van der Waals surface area contributed by atoms with Gasteiger partial charge in [0.2, 0.25) is 5.91 Å². The lowest BCUT2D eigenvalue weighted by Gasteiger charge is -2.24. The second kappa shape index (κ2) is 11.1. The number of urea groups is 1. The lowest BCUT2D eigenvalue weighted by Crippen LogP contribution is -2.42. The van der Waals surface area contributed by atoms with Crippen molar-refractivity contribution >= 4 is 23.4 Å². The first-order valence-corrected chi connectivity index (χ1v) is 12.2. The van der Waals surface area contributed by atoms with Crippen molar-refractivity contribution in [2.45, 2.75) is 53.9 Å². The van der Waals surface area contributed by atoms with E-state index in [4.69, 9.17) is 5.10 Å². The number of aromatic nitrogens is 2. The van der Waals surface area contributed by atoms with Crippen LogP contribution in [0.15, 0.2) is 42.5 Å². The number of rotatable bonds is 7. The molecule has 198 valence electrons. The molecule has 0 aliphatic rings. The molecule has 3 rings (SSSR count). The Labute approximate surface area is 216 Å². The summed E-state index contributed by atoms with van der Waals surface area (Å²) in [7, 11) is 0. The molecule has 1 heterocycles. The monoisotopic (exact) mass is 511 g/mol. The van der Waals surface area contributed by atoms with E-state index in [0.717, 1.165) is 34.6 Å². The van der Waals surface area contributed by atoms with Crippen molar-refractivity contribution in [1.29, 1.82) is 0 Å². The molecule has 2 N–H and O–H groups in total. The van der Waals surface area contributed by atoms with E-state index in [-0.39, 0.29) is 30.1 Å². The number of hydrogen-bond acceptors (Lipinski definition) is 3. The summed E-state index contributed by atoms with van der Waals surface area (Å²) in [5, 5.41) is 10.2. The number of nitrogens with one attached hydrogen (secondary N) is 2. The van der Waals surface area contributed by atoms with Crippen LogP contribution in [0.4, 0.5) is 25.1 Å². The minimum atomic E-state index is -1.07. The Morgan fingerprint density at radius 3 is 2.30 bits per heavy atom. The second-order valence-corrected chi connectivity index (χ2v) is 10.7. The Hall–Kier alpha value is -3.75. The summed E-state index contributed by atoms with van der Waals surface area (Å²) in [6.45, 7) is 14.0. The Bertz CT molecular complexity index is 1290. The molecule has 0 spiro atoms. The van der Waals surface area contributed by atoms with E-state index >= 15 is 0 Å². The third kappa shape index (κ3) is 7.15. The first kappa shape index (κ1) is 27.8. The molecule has 37 heavy (non-hydrogen) atoms.